The van der Waals surface area contributed by atoms with E-state index in [2.05, 4.69) is 10.3 Å². The van der Waals surface area contributed by atoms with Gasteiger partial charge in [-0.05, 0) is 19.1 Å². The maximum absolute atomic E-state index is 13.1. The molecule has 0 aliphatic rings. The van der Waals surface area contributed by atoms with Crippen LogP contribution in [0.3, 0.4) is 0 Å². The summed E-state index contributed by atoms with van der Waals surface area (Å²) in [5.41, 5.74) is 6.95. The van der Waals surface area contributed by atoms with Gasteiger partial charge in [0.05, 0.1) is 17.0 Å². The van der Waals surface area contributed by atoms with Gasteiger partial charge in [0.2, 0.25) is 11.9 Å². The van der Waals surface area contributed by atoms with Crippen molar-refractivity contribution in [3.05, 3.63) is 24.0 Å². The molecule has 0 fully saturated rings. The lowest BCUT2D eigenvalue weighted by Crippen LogP contribution is -2.34. The molecule has 1 amide bonds. The SMILES string of the molecule is CC(N)C(C)C(=O)Nc1nc2cc(F)ccc2n1C.Cl. The van der Waals surface area contributed by atoms with Gasteiger partial charge in [-0.15, -0.1) is 12.4 Å². The zero-order valence-electron chi connectivity index (χ0n) is 11.6. The highest BCUT2D eigenvalue weighted by molar-refractivity contribution is 5.93. The molecule has 1 aromatic heterocycles. The van der Waals surface area contributed by atoms with E-state index >= 15 is 0 Å². The first kappa shape index (κ1) is 16.4. The van der Waals surface area contributed by atoms with E-state index in [1.54, 1.807) is 31.5 Å². The maximum atomic E-state index is 13.1. The number of aromatic nitrogens is 2. The number of nitrogens with zero attached hydrogens (tertiary/aromatic N) is 2. The number of nitrogens with one attached hydrogen (secondary N) is 1. The maximum Gasteiger partial charge on any atom is 0.231 e. The van der Waals surface area contributed by atoms with Gasteiger partial charge in [-0.2, -0.15) is 0 Å². The molecule has 2 atom stereocenters. The van der Waals surface area contributed by atoms with Crippen LogP contribution in [0.25, 0.3) is 11.0 Å². The second-order valence-electron chi connectivity index (χ2n) is 4.76. The zero-order valence-corrected chi connectivity index (χ0v) is 12.4. The fourth-order valence-corrected chi connectivity index (χ4v) is 1.75. The molecule has 7 heteroatoms. The van der Waals surface area contributed by atoms with Crippen LogP contribution in [-0.4, -0.2) is 21.5 Å². The van der Waals surface area contributed by atoms with Crippen LogP contribution in [0.1, 0.15) is 13.8 Å². The Morgan fingerprint density at radius 3 is 2.70 bits per heavy atom. The molecule has 1 aromatic carbocycles. The normalized spacial score (nSPS) is 13.7. The van der Waals surface area contributed by atoms with Crippen molar-refractivity contribution >= 4 is 35.3 Å². The fourth-order valence-electron chi connectivity index (χ4n) is 1.75. The van der Waals surface area contributed by atoms with E-state index in [1.807, 2.05) is 0 Å². The number of hydrogen-bond acceptors (Lipinski definition) is 3. The highest BCUT2D eigenvalue weighted by Crippen LogP contribution is 2.19. The van der Waals surface area contributed by atoms with Crippen molar-refractivity contribution in [1.29, 1.82) is 0 Å². The molecule has 2 aromatic rings. The Morgan fingerprint density at radius 1 is 1.45 bits per heavy atom. The molecule has 0 saturated heterocycles. The fraction of sp³-hybridized carbons (Fsp3) is 0.385. The highest BCUT2D eigenvalue weighted by atomic mass is 35.5. The average molecular weight is 301 g/mol. The number of imidazole rings is 1. The van der Waals surface area contributed by atoms with Crippen molar-refractivity contribution in [2.24, 2.45) is 18.7 Å². The second kappa shape index (κ2) is 6.19. The Bertz CT molecular complexity index is 626. The van der Waals surface area contributed by atoms with Gasteiger partial charge < -0.3 is 10.3 Å². The Kier molecular flexibility index (Phi) is 5.08. The lowest BCUT2D eigenvalue weighted by Gasteiger charge is -2.14. The van der Waals surface area contributed by atoms with Gasteiger partial charge in [0.15, 0.2) is 0 Å². The van der Waals surface area contributed by atoms with Gasteiger partial charge in [-0.25, -0.2) is 9.37 Å². The topological polar surface area (TPSA) is 72.9 Å². The standard InChI is InChI=1S/C13H17FN4O.ClH/c1-7(8(2)15)12(19)17-13-16-10-6-9(14)4-5-11(10)18(13)3;/h4-8H,15H2,1-3H3,(H,16,17,19);1H. The van der Waals surface area contributed by atoms with E-state index in [-0.39, 0.29) is 36.1 Å². The van der Waals surface area contributed by atoms with E-state index in [0.717, 1.165) is 5.52 Å². The number of halogens is 2. The molecule has 0 spiro atoms. The zero-order chi connectivity index (χ0) is 14.2. The molecule has 2 unspecified atom stereocenters. The van der Waals surface area contributed by atoms with Crippen LogP contribution >= 0.6 is 12.4 Å². The summed E-state index contributed by atoms with van der Waals surface area (Å²) in [6.45, 7) is 3.52. The summed E-state index contributed by atoms with van der Waals surface area (Å²) in [6.07, 6.45) is 0. The number of benzene rings is 1. The number of carbonyl (C=O) groups is 1. The van der Waals surface area contributed by atoms with Crippen molar-refractivity contribution in [2.45, 2.75) is 19.9 Å². The molecule has 2 rings (SSSR count). The number of carbonyl (C=O) groups excluding carboxylic acids is 1. The van der Waals surface area contributed by atoms with E-state index in [1.165, 1.54) is 12.1 Å². The van der Waals surface area contributed by atoms with Crippen LogP contribution in [0.4, 0.5) is 10.3 Å². The van der Waals surface area contributed by atoms with Gasteiger partial charge in [-0.3, -0.25) is 10.1 Å². The molecule has 0 aliphatic carbocycles. The van der Waals surface area contributed by atoms with E-state index in [9.17, 15) is 9.18 Å². The minimum absolute atomic E-state index is 0. The van der Waals surface area contributed by atoms with E-state index in [0.29, 0.717) is 11.5 Å². The smallest absolute Gasteiger partial charge is 0.231 e. The molecule has 110 valence electrons. The Hall–Kier alpha value is -1.66. The monoisotopic (exact) mass is 300 g/mol. The lowest BCUT2D eigenvalue weighted by atomic mass is 10.0. The predicted octanol–water partition coefficient (Wildman–Crippen LogP) is 2.06. The van der Waals surface area contributed by atoms with Crippen LogP contribution in [0.15, 0.2) is 18.2 Å². The molecule has 5 nitrogen and oxygen atoms in total. The van der Waals surface area contributed by atoms with Crippen molar-refractivity contribution in [2.75, 3.05) is 5.32 Å². The first-order valence-electron chi connectivity index (χ1n) is 6.08. The van der Waals surface area contributed by atoms with Crippen molar-refractivity contribution in [1.82, 2.24) is 9.55 Å². The largest absolute Gasteiger partial charge is 0.327 e. The van der Waals surface area contributed by atoms with Crippen molar-refractivity contribution in [3.63, 3.8) is 0 Å². The Balaban J connectivity index is 0.00000200. The molecular formula is C13H18ClFN4O. The van der Waals surface area contributed by atoms with Crippen LogP contribution < -0.4 is 11.1 Å². The molecule has 0 radical (unpaired) electrons. The first-order valence-corrected chi connectivity index (χ1v) is 6.08. The van der Waals surface area contributed by atoms with Gasteiger partial charge >= 0.3 is 0 Å². The lowest BCUT2D eigenvalue weighted by molar-refractivity contribution is -0.119. The number of nitrogens with two attached hydrogens (primary N) is 1. The van der Waals surface area contributed by atoms with Gasteiger partial charge in [-0.1, -0.05) is 6.92 Å². The number of rotatable bonds is 3. The quantitative estimate of drug-likeness (QED) is 0.911. The molecule has 0 aliphatic heterocycles. The molecule has 3 N–H and O–H groups in total. The van der Waals surface area contributed by atoms with Gasteiger partial charge in [0.25, 0.3) is 0 Å². The number of hydrogen-bond donors (Lipinski definition) is 2. The minimum atomic E-state index is -0.354. The average Bonchev–Trinajstić information content (AvgIpc) is 2.64. The summed E-state index contributed by atoms with van der Waals surface area (Å²) in [5, 5.41) is 2.71. The summed E-state index contributed by atoms with van der Waals surface area (Å²) in [7, 11) is 1.76. The molecule has 0 saturated carbocycles. The number of amides is 1. The molecule has 20 heavy (non-hydrogen) atoms. The van der Waals surface area contributed by atoms with Crippen LogP contribution in [0, 0.1) is 11.7 Å². The number of aryl methyl sites for hydroxylation is 1. The summed E-state index contributed by atoms with van der Waals surface area (Å²) in [5.74, 6) is -0.490. The van der Waals surface area contributed by atoms with Gasteiger partial charge in [0, 0.05) is 19.2 Å². The molecule has 1 heterocycles. The summed E-state index contributed by atoms with van der Waals surface area (Å²) >= 11 is 0. The third-order valence-electron chi connectivity index (χ3n) is 3.28. The van der Waals surface area contributed by atoms with E-state index in [4.69, 9.17) is 5.73 Å². The third-order valence-corrected chi connectivity index (χ3v) is 3.28. The van der Waals surface area contributed by atoms with Crippen LogP contribution in [-0.2, 0) is 11.8 Å². The van der Waals surface area contributed by atoms with Crippen LogP contribution in [0.5, 0.6) is 0 Å². The predicted molar refractivity (Wildman–Crippen MR) is 79.4 cm³/mol. The van der Waals surface area contributed by atoms with Crippen molar-refractivity contribution in [3.8, 4) is 0 Å². The Labute approximate surface area is 122 Å². The Morgan fingerprint density at radius 2 is 2.10 bits per heavy atom. The summed E-state index contributed by atoms with van der Waals surface area (Å²) in [4.78, 5) is 16.1. The molecule has 0 bridgehead atoms. The number of fused-ring (bicyclic) bond motifs is 1. The summed E-state index contributed by atoms with van der Waals surface area (Å²) in [6, 6.07) is 4.08. The first-order chi connectivity index (χ1) is 8.90. The van der Waals surface area contributed by atoms with Gasteiger partial charge in [0.1, 0.15) is 5.82 Å². The minimum Gasteiger partial charge on any atom is -0.327 e. The third kappa shape index (κ3) is 3.08. The second-order valence-corrected chi connectivity index (χ2v) is 4.76. The van der Waals surface area contributed by atoms with E-state index < -0.39 is 0 Å². The highest BCUT2D eigenvalue weighted by Gasteiger charge is 2.19. The van der Waals surface area contributed by atoms with Crippen LogP contribution in [0.2, 0.25) is 0 Å². The number of anilines is 1. The summed E-state index contributed by atoms with van der Waals surface area (Å²) < 4.78 is 14.8. The molecular weight excluding hydrogens is 283 g/mol. The van der Waals surface area contributed by atoms with Crippen molar-refractivity contribution < 1.29 is 9.18 Å².